The van der Waals surface area contributed by atoms with Crippen LogP contribution >= 0.6 is 0 Å². The summed E-state index contributed by atoms with van der Waals surface area (Å²) < 4.78 is 0. The maximum atomic E-state index is 3.93. The van der Waals surface area contributed by atoms with Gasteiger partial charge >= 0.3 is 0 Å². The van der Waals surface area contributed by atoms with Gasteiger partial charge in [0.25, 0.3) is 0 Å². The molecule has 0 unspecified atom stereocenters. The Bertz CT molecular complexity index is 668. The molecule has 0 amide bonds. The topological polar surface area (TPSA) is 3.24 Å². The first-order valence-corrected chi connectivity index (χ1v) is 11.9. The molecule has 29 heavy (non-hydrogen) atoms. The van der Waals surface area contributed by atoms with Crippen molar-refractivity contribution in [3.63, 3.8) is 0 Å². The fourth-order valence-electron chi connectivity index (χ4n) is 6.34. The van der Waals surface area contributed by atoms with Gasteiger partial charge in [-0.05, 0) is 108 Å². The lowest BCUT2D eigenvalue weighted by Gasteiger charge is -2.55. The highest BCUT2D eigenvalue weighted by molar-refractivity contribution is 5.30. The number of hydrogen-bond acceptors (Lipinski definition) is 1. The van der Waals surface area contributed by atoms with Crippen LogP contribution in [0.15, 0.2) is 49.1 Å². The molecule has 1 aliphatic carbocycles. The molecule has 1 saturated heterocycles. The molecule has 0 N–H and O–H groups in total. The second-order valence-corrected chi connectivity index (χ2v) is 10.8. The summed E-state index contributed by atoms with van der Waals surface area (Å²) in [6, 6.07) is 9.79. The third-order valence-electron chi connectivity index (χ3n) is 7.63. The molecule has 2 aliphatic rings. The van der Waals surface area contributed by atoms with Crippen molar-refractivity contribution in [1.29, 1.82) is 0 Å². The first-order chi connectivity index (χ1) is 13.8. The Labute approximate surface area is 180 Å². The van der Waals surface area contributed by atoms with Crippen molar-refractivity contribution in [2.45, 2.75) is 102 Å². The molecule has 1 saturated carbocycles. The molecule has 1 aromatic rings. The first-order valence-electron chi connectivity index (χ1n) is 11.9. The fourth-order valence-corrected chi connectivity index (χ4v) is 6.34. The number of likely N-dealkylation sites (tertiary alicyclic amines) is 1. The van der Waals surface area contributed by atoms with Crippen LogP contribution in [0.4, 0.5) is 0 Å². The number of rotatable bonds is 6. The molecule has 0 atom stereocenters. The molecule has 0 aromatic heterocycles. The molecule has 3 rings (SSSR count). The van der Waals surface area contributed by atoms with Crippen molar-refractivity contribution in [2.75, 3.05) is 6.54 Å². The zero-order valence-corrected chi connectivity index (χ0v) is 19.6. The molecule has 2 fully saturated rings. The largest absolute Gasteiger partial charge is 0.293 e. The fraction of sp³-hybridized carbons (Fsp3) is 0.643. The minimum Gasteiger partial charge on any atom is -0.293 e. The Morgan fingerprint density at radius 1 is 0.897 bits per heavy atom. The zero-order chi connectivity index (χ0) is 21.1. The molecule has 1 heterocycles. The summed E-state index contributed by atoms with van der Waals surface area (Å²) in [6.07, 6.45) is 15.6. The van der Waals surface area contributed by atoms with Crippen LogP contribution in [0.1, 0.15) is 103 Å². The lowest BCUT2D eigenvalue weighted by molar-refractivity contribution is -0.0346. The molecule has 1 heteroatoms. The van der Waals surface area contributed by atoms with E-state index >= 15 is 0 Å². The van der Waals surface area contributed by atoms with Crippen molar-refractivity contribution in [3.8, 4) is 0 Å². The summed E-state index contributed by atoms with van der Waals surface area (Å²) in [5.41, 5.74) is 3.55. The van der Waals surface area contributed by atoms with Crippen molar-refractivity contribution >= 4 is 0 Å². The molecule has 0 bridgehead atoms. The van der Waals surface area contributed by atoms with Crippen molar-refractivity contribution in [2.24, 2.45) is 5.92 Å². The van der Waals surface area contributed by atoms with E-state index in [0.29, 0.717) is 5.92 Å². The summed E-state index contributed by atoms with van der Waals surface area (Å²) in [5.74, 6) is 2.23. The minimum absolute atomic E-state index is 0.222. The second kappa shape index (κ2) is 9.21. The average Bonchev–Trinajstić information content (AvgIpc) is 2.67. The summed E-state index contributed by atoms with van der Waals surface area (Å²) in [4.78, 5) is 2.72. The molecule has 1 aliphatic heterocycles. The van der Waals surface area contributed by atoms with Crippen LogP contribution in [-0.4, -0.2) is 22.5 Å². The second-order valence-electron chi connectivity index (χ2n) is 10.8. The van der Waals surface area contributed by atoms with E-state index in [4.69, 9.17) is 0 Å². The van der Waals surface area contributed by atoms with E-state index in [9.17, 15) is 0 Å². The highest BCUT2D eigenvalue weighted by atomic mass is 15.3. The van der Waals surface area contributed by atoms with Crippen molar-refractivity contribution in [1.82, 2.24) is 4.90 Å². The predicted molar refractivity (Wildman–Crippen MR) is 128 cm³/mol. The van der Waals surface area contributed by atoms with Gasteiger partial charge in [-0.1, -0.05) is 42.5 Å². The third-order valence-corrected chi connectivity index (χ3v) is 7.63. The Morgan fingerprint density at radius 2 is 1.41 bits per heavy atom. The van der Waals surface area contributed by atoms with Gasteiger partial charge in [-0.25, -0.2) is 0 Å². The van der Waals surface area contributed by atoms with Crippen LogP contribution in [0.2, 0.25) is 0 Å². The smallest absolute Gasteiger partial charge is 0.0164 e. The summed E-state index contributed by atoms with van der Waals surface area (Å²) in [7, 11) is 0. The molecular weight excluding hydrogens is 350 g/mol. The maximum absolute atomic E-state index is 3.93. The number of allylic oxidation sites excluding steroid dienone is 2. The van der Waals surface area contributed by atoms with Gasteiger partial charge in [0.15, 0.2) is 0 Å². The van der Waals surface area contributed by atoms with Gasteiger partial charge in [0.1, 0.15) is 0 Å². The number of hydrogen-bond donors (Lipinski definition) is 0. The Hall–Kier alpha value is -1.34. The molecule has 1 aromatic carbocycles. The van der Waals surface area contributed by atoms with Crippen LogP contribution < -0.4 is 0 Å². The van der Waals surface area contributed by atoms with Crippen LogP contribution in [0.5, 0.6) is 0 Å². The normalized spacial score (nSPS) is 27.9. The van der Waals surface area contributed by atoms with E-state index in [1.165, 1.54) is 38.5 Å². The molecule has 160 valence electrons. The highest BCUT2D eigenvalue weighted by Crippen LogP contribution is 2.46. The predicted octanol–water partition coefficient (Wildman–Crippen LogP) is 7.85. The van der Waals surface area contributed by atoms with E-state index in [0.717, 1.165) is 24.8 Å². The number of nitrogens with zero attached hydrogens (tertiary/aromatic N) is 1. The highest BCUT2D eigenvalue weighted by Gasteiger charge is 2.44. The van der Waals surface area contributed by atoms with Crippen molar-refractivity contribution < 1.29 is 0 Å². The first kappa shape index (κ1) is 22.3. The zero-order valence-electron chi connectivity index (χ0n) is 19.6. The van der Waals surface area contributed by atoms with Gasteiger partial charge in [-0.15, -0.1) is 6.58 Å². The maximum Gasteiger partial charge on any atom is 0.0164 e. The van der Waals surface area contributed by atoms with Crippen LogP contribution in [0.3, 0.4) is 0 Å². The molecule has 0 radical (unpaired) electrons. The van der Waals surface area contributed by atoms with Gasteiger partial charge in [0.05, 0.1) is 0 Å². The molecule has 1 nitrogen and oxygen atoms in total. The quantitative estimate of drug-likeness (QED) is 0.445. The van der Waals surface area contributed by atoms with Crippen molar-refractivity contribution in [3.05, 3.63) is 60.2 Å². The van der Waals surface area contributed by atoms with Gasteiger partial charge in [0, 0.05) is 17.6 Å². The Morgan fingerprint density at radius 3 is 1.90 bits per heavy atom. The van der Waals surface area contributed by atoms with Gasteiger partial charge in [-0.3, -0.25) is 4.90 Å². The standard InChI is InChI=1S/C28H43N/c1-7-9-19-29-27(3,4)20-26(21-28(29,5)6)25-17-15-24(16-18-25)23-13-11-22(10-8-2)12-14-23/h7-8,10,15-18,22-23,26H,1,9,11-14,19-21H2,2-6H3/b10-8+. The van der Waals surface area contributed by atoms with E-state index in [2.05, 4.69) is 88.6 Å². The lowest BCUT2D eigenvalue weighted by Crippen LogP contribution is -2.60. The Balaban J connectivity index is 1.68. The minimum atomic E-state index is 0.222. The van der Waals surface area contributed by atoms with E-state index < -0.39 is 0 Å². The van der Waals surface area contributed by atoms with E-state index in [1.807, 2.05) is 0 Å². The van der Waals surface area contributed by atoms with Crippen LogP contribution in [0, 0.1) is 5.92 Å². The lowest BCUT2D eigenvalue weighted by atomic mass is 9.71. The van der Waals surface area contributed by atoms with E-state index in [-0.39, 0.29) is 11.1 Å². The average molecular weight is 394 g/mol. The van der Waals surface area contributed by atoms with E-state index in [1.54, 1.807) is 11.1 Å². The van der Waals surface area contributed by atoms with Crippen LogP contribution in [0.25, 0.3) is 0 Å². The third kappa shape index (κ3) is 5.23. The number of piperidine rings is 1. The summed E-state index contributed by atoms with van der Waals surface area (Å²) >= 11 is 0. The monoisotopic (exact) mass is 393 g/mol. The van der Waals surface area contributed by atoms with Gasteiger partial charge in [-0.2, -0.15) is 0 Å². The molecule has 0 spiro atoms. The van der Waals surface area contributed by atoms with Gasteiger partial charge < -0.3 is 0 Å². The SMILES string of the molecule is C=CCCN1C(C)(C)CC(c2ccc(C3CCC(/C=C/C)CC3)cc2)CC1(C)C. The summed E-state index contributed by atoms with van der Waals surface area (Å²) in [5, 5.41) is 0. The molecular formula is C28H43N. The Kier molecular flexibility index (Phi) is 7.10. The summed E-state index contributed by atoms with van der Waals surface area (Å²) in [6.45, 7) is 16.9. The van der Waals surface area contributed by atoms with Gasteiger partial charge in [0.2, 0.25) is 0 Å². The number of benzene rings is 1. The van der Waals surface area contributed by atoms with Crippen LogP contribution in [-0.2, 0) is 0 Å².